The van der Waals surface area contributed by atoms with Gasteiger partial charge in [0.2, 0.25) is 0 Å². The van der Waals surface area contributed by atoms with Gasteiger partial charge in [0, 0.05) is 28.6 Å². The van der Waals surface area contributed by atoms with Crippen molar-refractivity contribution >= 4 is 29.4 Å². The third kappa shape index (κ3) is 6.75. The van der Waals surface area contributed by atoms with Crippen LogP contribution in [0.4, 0.5) is 13.2 Å². The van der Waals surface area contributed by atoms with E-state index in [-0.39, 0.29) is 41.6 Å². The van der Waals surface area contributed by atoms with E-state index in [1.807, 2.05) is 6.92 Å². The first-order chi connectivity index (χ1) is 17.3. The van der Waals surface area contributed by atoms with Gasteiger partial charge in [-0.25, -0.2) is 4.98 Å². The summed E-state index contributed by atoms with van der Waals surface area (Å²) in [6, 6.07) is 4.85. The molecule has 202 valence electrons. The predicted molar refractivity (Wildman–Crippen MR) is 135 cm³/mol. The van der Waals surface area contributed by atoms with Crippen molar-refractivity contribution in [3.05, 3.63) is 41.1 Å². The van der Waals surface area contributed by atoms with Crippen molar-refractivity contribution in [3.63, 3.8) is 0 Å². The number of nitrogens with zero attached hydrogens (tertiary/aromatic N) is 1. The van der Waals surface area contributed by atoms with E-state index < -0.39 is 18.8 Å². The van der Waals surface area contributed by atoms with Gasteiger partial charge < -0.3 is 33.3 Å². The maximum absolute atomic E-state index is 12.5. The number of aromatic nitrogens is 1. The summed E-state index contributed by atoms with van der Waals surface area (Å²) >= 11 is 4.77. The van der Waals surface area contributed by atoms with Gasteiger partial charge in [-0.2, -0.15) is 0 Å². The van der Waals surface area contributed by atoms with Gasteiger partial charge in [-0.3, -0.25) is 0 Å². The molecule has 0 unspecified atom stereocenters. The molecule has 0 amide bonds. The van der Waals surface area contributed by atoms with Crippen LogP contribution in [0.2, 0.25) is 0 Å². The van der Waals surface area contributed by atoms with Crippen LogP contribution in [0, 0.1) is 13.8 Å². The average molecular weight is 562 g/mol. The lowest BCUT2D eigenvalue weighted by molar-refractivity contribution is -0.274. The fourth-order valence-electron chi connectivity index (χ4n) is 3.84. The van der Waals surface area contributed by atoms with Crippen molar-refractivity contribution in [2.75, 3.05) is 13.2 Å². The fourth-order valence-corrected chi connectivity index (χ4v) is 4.51. The highest BCUT2D eigenvalue weighted by Gasteiger charge is 2.32. The van der Waals surface area contributed by atoms with Gasteiger partial charge in [0.15, 0.2) is 17.2 Å². The van der Waals surface area contributed by atoms with Crippen LogP contribution >= 0.6 is 6.72 Å². The van der Waals surface area contributed by atoms with E-state index in [1.54, 1.807) is 27.7 Å². The SMILES string of the molecule is CCOc1c(C)c(Oc2ccc(OC(F)(F)F)cc2)c(OCC)c2c(OP(O)(O)=S)c(CC)c(C)nc12. The van der Waals surface area contributed by atoms with Crippen LogP contribution in [0.3, 0.4) is 0 Å². The number of aryl methyl sites for hydroxylation is 1. The third-order valence-electron chi connectivity index (χ3n) is 5.20. The number of halogens is 3. The highest BCUT2D eigenvalue weighted by molar-refractivity contribution is 8.06. The molecule has 3 rings (SSSR count). The van der Waals surface area contributed by atoms with Gasteiger partial charge in [0.25, 0.3) is 0 Å². The van der Waals surface area contributed by atoms with E-state index >= 15 is 0 Å². The van der Waals surface area contributed by atoms with Crippen LogP contribution in [0.5, 0.6) is 34.5 Å². The van der Waals surface area contributed by atoms with Crippen molar-refractivity contribution in [2.45, 2.75) is 47.4 Å². The van der Waals surface area contributed by atoms with Crippen LogP contribution in [-0.2, 0) is 18.2 Å². The molecule has 3 aromatic rings. The molecule has 0 bridgehead atoms. The van der Waals surface area contributed by atoms with E-state index in [0.717, 1.165) is 12.1 Å². The van der Waals surface area contributed by atoms with E-state index in [1.165, 1.54) is 12.1 Å². The van der Waals surface area contributed by atoms with Crippen LogP contribution in [0.25, 0.3) is 10.9 Å². The Balaban J connectivity index is 2.33. The molecule has 8 nitrogen and oxygen atoms in total. The summed E-state index contributed by atoms with van der Waals surface area (Å²) in [6.45, 7) is 5.15. The molecule has 0 fully saturated rings. The Morgan fingerprint density at radius 3 is 1.97 bits per heavy atom. The normalized spacial score (nSPS) is 11.9. The number of benzene rings is 2. The van der Waals surface area contributed by atoms with Crippen LogP contribution < -0.4 is 23.5 Å². The van der Waals surface area contributed by atoms with Gasteiger partial charge >= 0.3 is 13.1 Å². The average Bonchev–Trinajstić information content (AvgIpc) is 2.78. The van der Waals surface area contributed by atoms with Gasteiger partial charge in [-0.15, -0.1) is 13.2 Å². The quantitative estimate of drug-likeness (QED) is 0.269. The molecular formula is C24H27F3NO7PS. The molecule has 0 aliphatic heterocycles. The zero-order chi connectivity index (χ0) is 27.5. The minimum atomic E-state index is -4.83. The summed E-state index contributed by atoms with van der Waals surface area (Å²) in [5, 5.41) is 0.266. The van der Waals surface area contributed by atoms with E-state index in [4.69, 9.17) is 35.5 Å². The minimum absolute atomic E-state index is 0.0847. The number of rotatable bonds is 10. The lowest BCUT2D eigenvalue weighted by Gasteiger charge is -2.24. The molecular weight excluding hydrogens is 534 g/mol. The van der Waals surface area contributed by atoms with E-state index in [9.17, 15) is 23.0 Å². The summed E-state index contributed by atoms with van der Waals surface area (Å²) in [5.41, 5.74) is 2.00. The second kappa shape index (κ2) is 11.3. The Morgan fingerprint density at radius 1 is 0.892 bits per heavy atom. The number of pyridine rings is 1. The largest absolute Gasteiger partial charge is 0.573 e. The molecule has 2 aromatic carbocycles. The first-order valence-electron chi connectivity index (χ1n) is 11.3. The molecule has 37 heavy (non-hydrogen) atoms. The lowest BCUT2D eigenvalue weighted by atomic mass is 10.0. The molecule has 0 radical (unpaired) electrons. The maximum Gasteiger partial charge on any atom is 0.573 e. The van der Waals surface area contributed by atoms with Crippen LogP contribution in [0.15, 0.2) is 24.3 Å². The van der Waals surface area contributed by atoms with E-state index in [2.05, 4.69) is 4.74 Å². The first-order valence-corrected chi connectivity index (χ1v) is 14.0. The number of hydrogen-bond donors (Lipinski definition) is 2. The lowest BCUT2D eigenvalue weighted by Crippen LogP contribution is -2.16. The van der Waals surface area contributed by atoms with E-state index in [0.29, 0.717) is 34.5 Å². The second-order valence-corrected chi connectivity index (χ2v) is 10.4. The molecule has 0 saturated heterocycles. The highest BCUT2D eigenvalue weighted by atomic mass is 32.5. The van der Waals surface area contributed by atoms with Crippen LogP contribution in [0.1, 0.15) is 37.6 Å². The predicted octanol–water partition coefficient (Wildman–Crippen LogP) is 6.49. The fraction of sp³-hybridized carbons (Fsp3) is 0.375. The minimum Gasteiger partial charge on any atom is -0.491 e. The summed E-state index contributed by atoms with van der Waals surface area (Å²) in [5.74, 6) is 0.566. The summed E-state index contributed by atoms with van der Waals surface area (Å²) < 4.78 is 65.1. The monoisotopic (exact) mass is 561 g/mol. The van der Waals surface area contributed by atoms with Gasteiger partial charge in [-0.05, 0) is 58.4 Å². The zero-order valence-corrected chi connectivity index (χ0v) is 22.5. The van der Waals surface area contributed by atoms with Gasteiger partial charge in [0.1, 0.15) is 22.8 Å². The molecule has 0 spiro atoms. The number of fused-ring (bicyclic) bond motifs is 1. The highest BCUT2D eigenvalue weighted by Crippen LogP contribution is 2.53. The Morgan fingerprint density at radius 2 is 1.46 bits per heavy atom. The molecule has 13 heteroatoms. The number of hydrogen-bond acceptors (Lipinski definition) is 7. The third-order valence-corrected chi connectivity index (χ3v) is 5.85. The van der Waals surface area contributed by atoms with Crippen molar-refractivity contribution in [3.8, 4) is 34.5 Å². The first kappa shape index (κ1) is 28.8. The molecule has 0 aliphatic rings. The molecule has 0 atom stereocenters. The van der Waals surface area contributed by atoms with Crippen molar-refractivity contribution < 1.29 is 46.4 Å². The van der Waals surface area contributed by atoms with Crippen molar-refractivity contribution in [1.82, 2.24) is 4.98 Å². The van der Waals surface area contributed by atoms with Crippen molar-refractivity contribution in [1.29, 1.82) is 0 Å². The van der Waals surface area contributed by atoms with Gasteiger partial charge in [0.05, 0.1) is 18.6 Å². The molecule has 2 N–H and O–H groups in total. The molecule has 0 aliphatic carbocycles. The number of ether oxygens (including phenoxy) is 4. The Kier molecular flexibility index (Phi) is 8.79. The Bertz CT molecular complexity index is 1330. The topological polar surface area (TPSA) is 99.5 Å². The molecule has 1 heterocycles. The van der Waals surface area contributed by atoms with Gasteiger partial charge in [-0.1, -0.05) is 6.92 Å². The van der Waals surface area contributed by atoms with Crippen LogP contribution in [-0.4, -0.2) is 34.3 Å². The summed E-state index contributed by atoms with van der Waals surface area (Å²) in [4.78, 5) is 24.8. The summed E-state index contributed by atoms with van der Waals surface area (Å²) in [7, 11) is 0. The maximum atomic E-state index is 12.5. The smallest absolute Gasteiger partial charge is 0.491 e. The van der Waals surface area contributed by atoms with Crippen molar-refractivity contribution in [2.24, 2.45) is 0 Å². The molecule has 1 aromatic heterocycles. The Hall–Kier alpha value is -2.79. The zero-order valence-electron chi connectivity index (χ0n) is 20.8. The number of alkyl halides is 3. The Labute approximate surface area is 217 Å². The second-order valence-electron chi connectivity index (χ2n) is 7.76. The summed E-state index contributed by atoms with van der Waals surface area (Å²) in [6.07, 6.45) is -4.40. The standard InChI is InChI=1S/C24H27F3NO7PS/c1-6-17-14(5)28-19-18(22(17)35-36(29,30)37)23(32-8-3)21(13(4)20(19)31-7-2)33-15-9-11-16(12-10-15)34-24(25,26)27/h9-12H,6-8H2,1-5H3,(H2,29,30,37). The molecule has 0 saturated carbocycles.